The number of H-pyrrole nitrogens is 1. The number of ether oxygens (including phenoxy) is 2. The lowest BCUT2D eigenvalue weighted by atomic mass is 10.1. The van der Waals surface area contributed by atoms with Gasteiger partial charge in [-0.15, -0.1) is 0 Å². The average Bonchev–Trinajstić information content (AvgIpc) is 3.58. The molecule has 0 radical (unpaired) electrons. The number of imidazole rings is 1. The number of hydrogen-bond donors (Lipinski definition) is 3. The van der Waals surface area contributed by atoms with Crippen molar-refractivity contribution in [2.45, 2.75) is 49.6 Å². The quantitative estimate of drug-likeness (QED) is 0.349. The molecule has 0 amide bonds. The number of nitrogens with two attached hydrogens (primary N) is 1. The average molecular weight is 585 g/mol. The minimum atomic E-state index is -3.18. The molecule has 39 heavy (non-hydrogen) atoms. The van der Waals surface area contributed by atoms with Crippen LogP contribution in [-0.4, -0.2) is 78.3 Å². The molecule has 2 unspecified atom stereocenters. The monoisotopic (exact) mass is 585 g/mol. The number of nitrogen functional groups attached to an aromatic ring is 1. The highest BCUT2D eigenvalue weighted by molar-refractivity contribution is 7.33. The van der Waals surface area contributed by atoms with Gasteiger partial charge < -0.3 is 33.9 Å². The lowest BCUT2D eigenvalue weighted by Crippen LogP contribution is -2.34. The molecular weight excluding hydrogens is 560 g/mol. The largest absolute Gasteiger partial charge is 0.474 e. The number of aromatic nitrogens is 6. The van der Waals surface area contributed by atoms with Crippen LogP contribution in [0.2, 0.25) is 0 Å². The van der Waals surface area contributed by atoms with Crippen molar-refractivity contribution >= 4 is 33.6 Å². The zero-order valence-electron chi connectivity index (χ0n) is 20.1. The molecule has 2 aliphatic heterocycles. The van der Waals surface area contributed by atoms with E-state index < -0.39 is 52.7 Å². The summed E-state index contributed by atoms with van der Waals surface area (Å²) in [4.78, 5) is 30.6. The molecule has 17 nitrogen and oxygen atoms in total. The van der Waals surface area contributed by atoms with E-state index >= 15 is 0 Å². The summed E-state index contributed by atoms with van der Waals surface area (Å²) in [5.74, 6) is -0.115. The van der Waals surface area contributed by atoms with Crippen LogP contribution in [0, 0.1) is 5.92 Å². The number of fused-ring (bicyclic) bond motifs is 4. The first kappa shape index (κ1) is 26.5. The Morgan fingerprint density at radius 2 is 1.95 bits per heavy atom. The third-order valence-electron chi connectivity index (χ3n) is 6.73. The van der Waals surface area contributed by atoms with Gasteiger partial charge in [-0.2, -0.15) is 4.98 Å². The number of nitrogens with zero attached hydrogens (tertiary/aromatic N) is 5. The maximum Gasteiger partial charge on any atom is 0.319 e. The first-order valence-electron chi connectivity index (χ1n) is 12.0. The minimum Gasteiger partial charge on any atom is -0.474 e. The van der Waals surface area contributed by atoms with Crippen LogP contribution in [0.25, 0.3) is 11.2 Å². The molecule has 3 aromatic heterocycles. The molecule has 5 heterocycles. The third-order valence-corrected chi connectivity index (χ3v) is 8.49. The van der Waals surface area contributed by atoms with Crippen LogP contribution in [-0.2, 0) is 32.0 Å². The van der Waals surface area contributed by atoms with E-state index in [1.54, 1.807) is 12.3 Å². The van der Waals surface area contributed by atoms with Gasteiger partial charge in [0.1, 0.15) is 30.7 Å². The van der Waals surface area contributed by atoms with Crippen LogP contribution >= 0.6 is 16.5 Å². The molecular formula is C20H25N7O10P2. The fourth-order valence-electron chi connectivity index (χ4n) is 4.94. The first-order chi connectivity index (χ1) is 18.9. The van der Waals surface area contributed by atoms with Gasteiger partial charge in [-0.05, 0) is 6.42 Å². The van der Waals surface area contributed by atoms with Crippen molar-refractivity contribution in [3.8, 4) is 5.88 Å². The number of rotatable bonds is 3. The van der Waals surface area contributed by atoms with Crippen molar-refractivity contribution < 1.29 is 41.8 Å². The highest BCUT2D eigenvalue weighted by atomic mass is 31.1. The maximum absolute atomic E-state index is 12.9. The molecule has 1 saturated carbocycles. The Labute approximate surface area is 220 Å². The Morgan fingerprint density at radius 1 is 1.13 bits per heavy atom. The smallest absolute Gasteiger partial charge is 0.319 e. The molecule has 3 fully saturated rings. The van der Waals surface area contributed by atoms with Crippen molar-refractivity contribution in [1.29, 1.82) is 0 Å². The second-order valence-electron chi connectivity index (χ2n) is 9.21. The van der Waals surface area contributed by atoms with Gasteiger partial charge >= 0.3 is 16.5 Å². The van der Waals surface area contributed by atoms with Crippen molar-refractivity contribution in [3.63, 3.8) is 0 Å². The Hall–Kier alpha value is -2.75. The molecule has 210 valence electrons. The number of hydrogen-bond acceptors (Lipinski definition) is 15. The summed E-state index contributed by atoms with van der Waals surface area (Å²) in [6.07, 6.45) is -0.704. The lowest BCUT2D eigenvalue weighted by Gasteiger charge is -2.23. The molecule has 6 rings (SSSR count). The van der Waals surface area contributed by atoms with Gasteiger partial charge in [-0.3, -0.25) is 28.0 Å². The molecule has 2 saturated heterocycles. The molecule has 2 bridgehead atoms. The van der Waals surface area contributed by atoms with E-state index in [1.807, 2.05) is 0 Å². The minimum absolute atomic E-state index is 0.0245. The fraction of sp³-hybridized carbons (Fsp3) is 0.550. The summed E-state index contributed by atoms with van der Waals surface area (Å²) in [5, 5.41) is 10.9. The highest BCUT2D eigenvalue weighted by Gasteiger charge is 2.48. The predicted octanol–water partition coefficient (Wildman–Crippen LogP) is 0.204. The molecule has 0 spiro atoms. The lowest BCUT2D eigenvalue weighted by molar-refractivity contribution is -0.0481. The Kier molecular flexibility index (Phi) is 7.48. The SMILES string of the molecule is Nc1nc2c(ncn2[C@@H]2O[C@@H]3CO[PH](=O)O[C@H]4C[C@H](Oc5ccncn5)C[C@@H]4CO[PH](=O)O[C@@H]2[C@@H]3O)c(=O)[nH]1. The van der Waals surface area contributed by atoms with Crippen LogP contribution in [0.4, 0.5) is 5.95 Å². The number of aliphatic hydroxyl groups excluding tert-OH is 1. The van der Waals surface area contributed by atoms with E-state index in [2.05, 4.69) is 24.9 Å². The number of aliphatic hydroxyl groups is 1. The molecule has 3 aromatic rings. The van der Waals surface area contributed by atoms with Crippen LogP contribution in [0.5, 0.6) is 5.88 Å². The summed E-state index contributed by atoms with van der Waals surface area (Å²) in [6.45, 7) is -0.376. The summed E-state index contributed by atoms with van der Waals surface area (Å²) >= 11 is 0. The van der Waals surface area contributed by atoms with E-state index in [0.29, 0.717) is 18.7 Å². The number of aromatic amines is 1. The van der Waals surface area contributed by atoms with Crippen molar-refractivity contribution in [2.24, 2.45) is 5.92 Å². The van der Waals surface area contributed by atoms with Crippen LogP contribution in [0.1, 0.15) is 19.1 Å². The first-order valence-corrected chi connectivity index (χ1v) is 14.5. The molecule has 9 atom stereocenters. The molecule has 1 aliphatic carbocycles. The Bertz CT molecular complexity index is 1440. The zero-order chi connectivity index (χ0) is 27.1. The highest BCUT2D eigenvalue weighted by Crippen LogP contribution is 2.44. The van der Waals surface area contributed by atoms with E-state index in [-0.39, 0.29) is 42.3 Å². The van der Waals surface area contributed by atoms with Crippen LogP contribution in [0.15, 0.2) is 29.7 Å². The van der Waals surface area contributed by atoms with Crippen LogP contribution in [0.3, 0.4) is 0 Å². The van der Waals surface area contributed by atoms with Crippen molar-refractivity contribution in [1.82, 2.24) is 29.5 Å². The van der Waals surface area contributed by atoms with Gasteiger partial charge in [-0.25, -0.2) is 15.0 Å². The van der Waals surface area contributed by atoms with Gasteiger partial charge in [0, 0.05) is 24.6 Å². The predicted molar refractivity (Wildman–Crippen MR) is 131 cm³/mol. The second-order valence-corrected chi connectivity index (χ2v) is 11.3. The topological polar surface area (TPSA) is 225 Å². The van der Waals surface area contributed by atoms with E-state index in [1.165, 1.54) is 17.2 Å². The maximum atomic E-state index is 12.9. The van der Waals surface area contributed by atoms with Gasteiger partial charge in [0.2, 0.25) is 11.8 Å². The second kappa shape index (κ2) is 11.0. The van der Waals surface area contributed by atoms with Crippen molar-refractivity contribution in [3.05, 3.63) is 35.3 Å². The van der Waals surface area contributed by atoms with E-state index in [0.717, 1.165) is 0 Å². The van der Waals surface area contributed by atoms with Gasteiger partial charge in [0.25, 0.3) is 5.56 Å². The van der Waals surface area contributed by atoms with Crippen LogP contribution < -0.4 is 16.0 Å². The van der Waals surface area contributed by atoms with Gasteiger partial charge in [-0.1, -0.05) is 0 Å². The number of nitrogens with one attached hydrogen (secondary N) is 1. The molecule has 4 N–H and O–H groups in total. The molecule has 0 aromatic carbocycles. The third kappa shape index (κ3) is 5.49. The Morgan fingerprint density at radius 3 is 2.77 bits per heavy atom. The fourth-order valence-corrected chi connectivity index (χ4v) is 6.74. The normalized spacial score (nSPS) is 35.6. The van der Waals surface area contributed by atoms with Crippen molar-refractivity contribution in [2.75, 3.05) is 18.9 Å². The summed E-state index contributed by atoms with van der Waals surface area (Å²) in [5.41, 5.74) is 5.15. The van der Waals surface area contributed by atoms with Gasteiger partial charge in [0.15, 0.2) is 17.4 Å². The standard InChI is InChI=1S/C20H25N7O10P2/c21-20-25-17-14(18(29)26-20)24-8-27(17)19-16-15(28)12(35-19)6-33-38(30)36-11-4-10(34-13-1-2-22-7-23-13)3-9(11)5-32-39(31)37-16/h1-2,7-12,15-16,19,28,38-39H,3-6H2,(H3,21,25,26,29)/t9-,10-,11+,12-,15-,16-,19-/m1/s1. The number of anilines is 1. The van der Waals surface area contributed by atoms with E-state index in [4.69, 9.17) is 33.3 Å². The molecule has 3 aliphatic rings. The molecule has 19 heteroatoms. The zero-order valence-corrected chi connectivity index (χ0v) is 22.1. The summed E-state index contributed by atoms with van der Waals surface area (Å²) in [7, 11) is -6.22. The van der Waals surface area contributed by atoms with Gasteiger partial charge in [0.05, 0.1) is 25.6 Å². The summed E-state index contributed by atoms with van der Waals surface area (Å²) < 4.78 is 61.1. The van der Waals surface area contributed by atoms with E-state index in [9.17, 15) is 19.0 Å². The summed E-state index contributed by atoms with van der Waals surface area (Å²) in [6, 6.07) is 1.62. The Balaban J connectivity index is 1.22.